The van der Waals surface area contributed by atoms with Crippen LogP contribution in [0.1, 0.15) is 19.8 Å². The molecule has 2 N–H and O–H groups in total. The van der Waals surface area contributed by atoms with Gasteiger partial charge in [0.1, 0.15) is 0 Å². The fourth-order valence-corrected chi connectivity index (χ4v) is 1.93. The Balaban J connectivity index is 1.93. The van der Waals surface area contributed by atoms with Crippen LogP contribution in [0.25, 0.3) is 11.1 Å². The number of unbranched alkanes of at least 4 members (excludes halogenated alkanes) is 1. The van der Waals surface area contributed by atoms with Crippen molar-refractivity contribution in [2.24, 2.45) is 0 Å². The van der Waals surface area contributed by atoms with E-state index in [0.29, 0.717) is 6.54 Å². The highest BCUT2D eigenvalue weighted by Gasteiger charge is 2.01. The third-order valence-corrected chi connectivity index (χ3v) is 3.07. The Bertz CT molecular complexity index is 535. The van der Waals surface area contributed by atoms with E-state index in [9.17, 15) is 4.79 Å². The van der Waals surface area contributed by atoms with Gasteiger partial charge in [0.05, 0.1) is 0 Å². The fourth-order valence-electron chi connectivity index (χ4n) is 1.93. The van der Waals surface area contributed by atoms with Gasteiger partial charge in [-0.1, -0.05) is 55.8 Å². The molecule has 2 amide bonds. The van der Waals surface area contributed by atoms with Crippen LogP contribution in [0.15, 0.2) is 54.6 Å². The standard InChI is InChI=1S/C17H20N2O/c1-2-3-13-18-17(20)19-16-11-9-15(10-12-16)14-7-5-4-6-8-14/h4-12H,2-3,13H2,1H3,(H2,18,19,20). The van der Waals surface area contributed by atoms with Gasteiger partial charge in [0.15, 0.2) is 0 Å². The quantitative estimate of drug-likeness (QED) is 0.781. The van der Waals surface area contributed by atoms with E-state index in [4.69, 9.17) is 0 Å². The number of urea groups is 1. The van der Waals surface area contributed by atoms with Crippen molar-refractivity contribution in [3.63, 3.8) is 0 Å². The third kappa shape index (κ3) is 4.12. The second-order valence-corrected chi connectivity index (χ2v) is 4.68. The monoisotopic (exact) mass is 268 g/mol. The molecule has 2 aromatic carbocycles. The first-order valence-electron chi connectivity index (χ1n) is 7.00. The highest BCUT2D eigenvalue weighted by atomic mass is 16.2. The normalized spacial score (nSPS) is 10.1. The second kappa shape index (κ2) is 7.34. The molecule has 0 bridgehead atoms. The first kappa shape index (κ1) is 14.1. The molecule has 2 aromatic rings. The molecule has 0 heterocycles. The van der Waals surface area contributed by atoms with E-state index in [0.717, 1.165) is 24.1 Å². The number of hydrogen-bond donors (Lipinski definition) is 2. The van der Waals surface area contributed by atoms with Gasteiger partial charge in [0.25, 0.3) is 0 Å². The smallest absolute Gasteiger partial charge is 0.319 e. The number of nitrogens with one attached hydrogen (secondary N) is 2. The molecule has 2 rings (SSSR count). The minimum Gasteiger partial charge on any atom is -0.338 e. The van der Waals surface area contributed by atoms with E-state index in [1.807, 2.05) is 42.5 Å². The number of carbonyl (C=O) groups is 1. The van der Waals surface area contributed by atoms with Crippen molar-refractivity contribution >= 4 is 11.7 Å². The predicted molar refractivity (Wildman–Crippen MR) is 83.8 cm³/mol. The minimum absolute atomic E-state index is 0.147. The van der Waals surface area contributed by atoms with Crippen molar-refractivity contribution < 1.29 is 4.79 Å². The number of amides is 2. The summed E-state index contributed by atoms with van der Waals surface area (Å²) in [5.41, 5.74) is 3.12. The number of anilines is 1. The summed E-state index contributed by atoms with van der Waals surface area (Å²) in [5.74, 6) is 0. The van der Waals surface area contributed by atoms with Gasteiger partial charge in [-0.3, -0.25) is 0 Å². The van der Waals surface area contributed by atoms with Crippen LogP contribution in [0.2, 0.25) is 0 Å². The molecule has 0 saturated heterocycles. The minimum atomic E-state index is -0.147. The van der Waals surface area contributed by atoms with Crippen molar-refractivity contribution in [2.75, 3.05) is 11.9 Å². The summed E-state index contributed by atoms with van der Waals surface area (Å²) in [6, 6.07) is 17.9. The number of carbonyl (C=O) groups excluding carboxylic acids is 1. The van der Waals surface area contributed by atoms with E-state index >= 15 is 0 Å². The molecule has 0 aliphatic rings. The zero-order chi connectivity index (χ0) is 14.2. The highest BCUT2D eigenvalue weighted by molar-refractivity contribution is 5.89. The van der Waals surface area contributed by atoms with Gasteiger partial charge in [0.2, 0.25) is 0 Å². The van der Waals surface area contributed by atoms with Crippen LogP contribution in [0.5, 0.6) is 0 Å². The maximum absolute atomic E-state index is 11.6. The molecule has 3 nitrogen and oxygen atoms in total. The molecule has 3 heteroatoms. The lowest BCUT2D eigenvalue weighted by atomic mass is 10.1. The highest BCUT2D eigenvalue weighted by Crippen LogP contribution is 2.20. The summed E-state index contributed by atoms with van der Waals surface area (Å²) in [6.45, 7) is 2.81. The molecule has 0 saturated carbocycles. The van der Waals surface area contributed by atoms with Crippen molar-refractivity contribution in [2.45, 2.75) is 19.8 Å². The Labute approximate surface area is 120 Å². The van der Waals surface area contributed by atoms with Gasteiger partial charge < -0.3 is 10.6 Å². The van der Waals surface area contributed by atoms with Crippen molar-refractivity contribution in [1.29, 1.82) is 0 Å². The molecular weight excluding hydrogens is 248 g/mol. The summed E-state index contributed by atoms with van der Waals surface area (Å²) >= 11 is 0. The predicted octanol–water partition coefficient (Wildman–Crippen LogP) is 4.28. The number of hydrogen-bond acceptors (Lipinski definition) is 1. The van der Waals surface area contributed by atoms with E-state index in [1.165, 1.54) is 5.56 Å². The SMILES string of the molecule is CCCCNC(=O)Nc1ccc(-c2ccccc2)cc1. The summed E-state index contributed by atoms with van der Waals surface area (Å²) < 4.78 is 0. The van der Waals surface area contributed by atoms with Crippen LogP contribution in [-0.4, -0.2) is 12.6 Å². The molecule has 0 radical (unpaired) electrons. The van der Waals surface area contributed by atoms with E-state index < -0.39 is 0 Å². The molecule has 0 spiro atoms. The zero-order valence-corrected chi connectivity index (χ0v) is 11.7. The Morgan fingerprint density at radius 1 is 0.950 bits per heavy atom. The molecule has 20 heavy (non-hydrogen) atoms. The van der Waals surface area contributed by atoms with Gasteiger partial charge in [-0.15, -0.1) is 0 Å². The van der Waals surface area contributed by atoms with Gasteiger partial charge in [-0.25, -0.2) is 4.79 Å². The third-order valence-electron chi connectivity index (χ3n) is 3.07. The molecule has 0 fully saturated rings. The summed E-state index contributed by atoms with van der Waals surface area (Å²) in [6.07, 6.45) is 2.08. The number of benzene rings is 2. The van der Waals surface area contributed by atoms with Gasteiger partial charge in [-0.2, -0.15) is 0 Å². The van der Waals surface area contributed by atoms with Crippen LogP contribution in [0, 0.1) is 0 Å². The molecule has 0 aliphatic heterocycles. The Kier molecular flexibility index (Phi) is 5.18. The van der Waals surface area contributed by atoms with Gasteiger partial charge in [0, 0.05) is 12.2 Å². The van der Waals surface area contributed by atoms with Crippen LogP contribution in [0.3, 0.4) is 0 Å². The second-order valence-electron chi connectivity index (χ2n) is 4.68. The molecule has 0 atom stereocenters. The van der Waals surface area contributed by atoms with Crippen LogP contribution in [-0.2, 0) is 0 Å². The van der Waals surface area contributed by atoms with Crippen LogP contribution in [0.4, 0.5) is 10.5 Å². The van der Waals surface area contributed by atoms with E-state index in [2.05, 4.69) is 29.7 Å². The average Bonchev–Trinajstić information content (AvgIpc) is 2.49. The Hall–Kier alpha value is -2.29. The largest absolute Gasteiger partial charge is 0.338 e. The number of rotatable bonds is 5. The maximum Gasteiger partial charge on any atom is 0.319 e. The molecular formula is C17H20N2O. The first-order chi connectivity index (χ1) is 9.79. The molecule has 0 unspecified atom stereocenters. The average molecular weight is 268 g/mol. The zero-order valence-electron chi connectivity index (χ0n) is 11.7. The van der Waals surface area contributed by atoms with Crippen molar-refractivity contribution in [1.82, 2.24) is 5.32 Å². The summed E-state index contributed by atoms with van der Waals surface area (Å²) in [5, 5.41) is 5.66. The van der Waals surface area contributed by atoms with Crippen molar-refractivity contribution in [3.8, 4) is 11.1 Å². The van der Waals surface area contributed by atoms with E-state index in [1.54, 1.807) is 0 Å². The molecule has 0 aliphatic carbocycles. The van der Waals surface area contributed by atoms with Crippen LogP contribution >= 0.6 is 0 Å². The molecule has 0 aromatic heterocycles. The maximum atomic E-state index is 11.6. The summed E-state index contributed by atoms with van der Waals surface area (Å²) in [4.78, 5) is 11.6. The summed E-state index contributed by atoms with van der Waals surface area (Å²) in [7, 11) is 0. The van der Waals surface area contributed by atoms with Gasteiger partial charge >= 0.3 is 6.03 Å². The molecule has 104 valence electrons. The van der Waals surface area contributed by atoms with E-state index in [-0.39, 0.29) is 6.03 Å². The lowest BCUT2D eigenvalue weighted by Crippen LogP contribution is -2.29. The lowest BCUT2D eigenvalue weighted by Gasteiger charge is -2.08. The topological polar surface area (TPSA) is 41.1 Å². The van der Waals surface area contributed by atoms with Crippen molar-refractivity contribution in [3.05, 3.63) is 54.6 Å². The lowest BCUT2D eigenvalue weighted by molar-refractivity contribution is 0.252. The first-order valence-corrected chi connectivity index (χ1v) is 7.00. The fraction of sp³-hybridized carbons (Fsp3) is 0.235. The van der Waals surface area contributed by atoms with Crippen LogP contribution < -0.4 is 10.6 Å². The van der Waals surface area contributed by atoms with Gasteiger partial charge in [-0.05, 0) is 29.7 Å². The Morgan fingerprint density at radius 2 is 1.60 bits per heavy atom. The Morgan fingerprint density at radius 3 is 2.25 bits per heavy atom.